The Balaban J connectivity index is -0.000000296. The molecule has 1 saturated carbocycles. The van der Waals surface area contributed by atoms with Crippen molar-refractivity contribution >= 4 is 30.4 Å². The number of thiol groups is 1. The van der Waals surface area contributed by atoms with Gasteiger partial charge in [0.15, 0.2) is 0 Å². The zero-order valence-electron chi connectivity index (χ0n) is 19.0. The van der Waals surface area contributed by atoms with E-state index in [1.54, 1.807) is 11.2 Å². The molecule has 3 rings (SSSR count). The normalized spacial score (nSPS) is 31.0. The molecule has 1 aliphatic carbocycles. The van der Waals surface area contributed by atoms with E-state index in [9.17, 15) is 14.4 Å². The zero-order chi connectivity index (χ0) is 22.0. The van der Waals surface area contributed by atoms with Gasteiger partial charge in [0.05, 0.1) is 6.04 Å². The van der Waals surface area contributed by atoms with Crippen LogP contribution in [0.3, 0.4) is 0 Å². The van der Waals surface area contributed by atoms with E-state index < -0.39 is 23.5 Å². The van der Waals surface area contributed by atoms with Crippen LogP contribution in [0.4, 0.5) is 0 Å². The fourth-order valence-electron chi connectivity index (χ4n) is 4.02. The van der Waals surface area contributed by atoms with Crippen LogP contribution in [0, 0.1) is 5.92 Å². The molecule has 4 atom stereocenters. The van der Waals surface area contributed by atoms with Gasteiger partial charge in [-0.1, -0.05) is 38.8 Å². The van der Waals surface area contributed by atoms with E-state index in [1.165, 1.54) is 0 Å². The maximum absolute atomic E-state index is 12.8. The predicted octanol–water partition coefficient (Wildman–Crippen LogP) is 0.846. The number of amides is 3. The second-order valence-electron chi connectivity index (χ2n) is 7.50. The zero-order valence-corrected chi connectivity index (χ0v) is 19.9. The number of allylic oxidation sites excluding steroid dienone is 1. The van der Waals surface area contributed by atoms with E-state index in [0.717, 1.165) is 32.1 Å². The van der Waals surface area contributed by atoms with Crippen LogP contribution in [0.1, 0.15) is 69.5 Å². The molecule has 10 heteroatoms. The van der Waals surface area contributed by atoms with Gasteiger partial charge in [-0.25, -0.2) is 0 Å². The van der Waals surface area contributed by atoms with Crippen molar-refractivity contribution in [2.24, 2.45) is 17.4 Å². The summed E-state index contributed by atoms with van der Waals surface area (Å²) in [7, 11) is 0. The molecule has 0 unspecified atom stereocenters. The third-order valence-electron chi connectivity index (χ3n) is 5.71. The first kappa shape index (κ1) is 31.6. The third kappa shape index (κ3) is 7.78. The number of carbonyl (C=O) groups excluding carboxylic acids is 3. The van der Waals surface area contributed by atoms with E-state index in [2.05, 4.69) is 24.0 Å². The SMILES string of the molecule is CC.CS.NC(=O)[C@@]12C[C@H]1/C=C\CCCCC[C@H](N)C(=O)N1CCC[C@H]1C(=O)N2.O.O.[HH].[HH].[HH]. The lowest BCUT2D eigenvalue weighted by molar-refractivity contribution is -0.140. The lowest BCUT2D eigenvalue weighted by Gasteiger charge is -2.28. The quantitative estimate of drug-likeness (QED) is 0.329. The Morgan fingerprint density at radius 3 is 2.42 bits per heavy atom. The number of hydrogen-bond acceptors (Lipinski definition) is 5. The van der Waals surface area contributed by atoms with Crippen LogP contribution in [-0.2, 0) is 14.4 Å². The number of fused-ring (bicyclic) bond motifs is 2. The van der Waals surface area contributed by atoms with E-state index in [-0.39, 0.29) is 33.0 Å². The maximum Gasteiger partial charge on any atom is 0.243 e. The Bertz CT molecular complexity index is 619. The van der Waals surface area contributed by atoms with Crippen LogP contribution in [0.25, 0.3) is 0 Å². The van der Waals surface area contributed by atoms with Gasteiger partial charge in [0, 0.05) is 16.7 Å². The van der Waals surface area contributed by atoms with Gasteiger partial charge in [0.25, 0.3) is 0 Å². The van der Waals surface area contributed by atoms with Crippen molar-refractivity contribution in [3.63, 3.8) is 0 Å². The molecule has 1 saturated heterocycles. The summed E-state index contributed by atoms with van der Waals surface area (Å²) >= 11 is 3.53. The van der Waals surface area contributed by atoms with Gasteiger partial charge in [0.1, 0.15) is 11.6 Å². The number of nitrogens with zero attached hydrogens (tertiary/aromatic N) is 1. The first-order valence-corrected chi connectivity index (χ1v) is 11.6. The fourth-order valence-corrected chi connectivity index (χ4v) is 4.02. The summed E-state index contributed by atoms with van der Waals surface area (Å²) in [6.07, 6.45) is 12.1. The largest absolute Gasteiger partial charge is 0.412 e. The minimum Gasteiger partial charge on any atom is -0.412 e. The van der Waals surface area contributed by atoms with E-state index in [1.807, 2.05) is 19.9 Å². The van der Waals surface area contributed by atoms with Crippen LogP contribution in [0.5, 0.6) is 0 Å². The van der Waals surface area contributed by atoms with E-state index in [0.29, 0.717) is 25.8 Å². The van der Waals surface area contributed by atoms with Crippen molar-refractivity contribution in [1.82, 2.24) is 10.2 Å². The van der Waals surface area contributed by atoms with Crippen LogP contribution in [0.2, 0.25) is 0 Å². The molecule has 2 heterocycles. The van der Waals surface area contributed by atoms with Crippen molar-refractivity contribution in [2.45, 2.75) is 82.8 Å². The lowest BCUT2D eigenvalue weighted by atomic mass is 10.1. The topological polar surface area (TPSA) is 182 Å². The summed E-state index contributed by atoms with van der Waals surface area (Å²) in [5, 5.41) is 2.84. The molecule has 31 heavy (non-hydrogen) atoms. The molecule has 2 fully saturated rings. The minimum absolute atomic E-state index is 0. The third-order valence-corrected chi connectivity index (χ3v) is 5.71. The highest BCUT2D eigenvalue weighted by atomic mass is 32.1. The molecular formula is C21H48N4O5S. The molecule has 0 aromatic rings. The smallest absolute Gasteiger partial charge is 0.243 e. The van der Waals surface area contributed by atoms with Crippen molar-refractivity contribution < 1.29 is 29.6 Å². The first-order valence-electron chi connectivity index (χ1n) is 10.7. The lowest BCUT2D eigenvalue weighted by Crippen LogP contribution is -2.56. The average Bonchev–Trinajstić information content (AvgIpc) is 3.21. The second kappa shape index (κ2) is 15.2. The Kier molecular flexibility index (Phi) is 15.5. The van der Waals surface area contributed by atoms with Gasteiger partial charge in [-0.3, -0.25) is 14.4 Å². The molecule has 0 bridgehead atoms. The number of nitrogens with one attached hydrogen (secondary N) is 1. The van der Waals surface area contributed by atoms with Gasteiger partial charge in [0.2, 0.25) is 17.7 Å². The summed E-state index contributed by atoms with van der Waals surface area (Å²) in [5.74, 6) is -1.01. The monoisotopic (exact) mass is 468 g/mol. The van der Waals surface area contributed by atoms with Crippen LogP contribution < -0.4 is 16.8 Å². The Hall–Kier alpha value is -1.62. The summed E-state index contributed by atoms with van der Waals surface area (Å²) in [6.45, 7) is 4.54. The highest BCUT2D eigenvalue weighted by molar-refractivity contribution is 7.79. The summed E-state index contributed by atoms with van der Waals surface area (Å²) in [4.78, 5) is 38.9. The van der Waals surface area contributed by atoms with Gasteiger partial charge in [-0.2, -0.15) is 12.6 Å². The first-order chi connectivity index (χ1) is 14.0. The molecule has 0 aromatic heterocycles. The van der Waals surface area contributed by atoms with Crippen molar-refractivity contribution in [1.29, 1.82) is 0 Å². The maximum atomic E-state index is 12.8. The summed E-state index contributed by atoms with van der Waals surface area (Å²) in [5.41, 5.74) is 10.6. The van der Waals surface area contributed by atoms with Crippen LogP contribution in [0.15, 0.2) is 12.2 Å². The predicted molar refractivity (Wildman–Crippen MR) is 133 cm³/mol. The molecule has 3 amide bonds. The summed E-state index contributed by atoms with van der Waals surface area (Å²) < 4.78 is 0. The number of hydrogen-bond donors (Lipinski definition) is 4. The highest BCUT2D eigenvalue weighted by Gasteiger charge is 2.59. The highest BCUT2D eigenvalue weighted by Crippen LogP contribution is 2.45. The van der Waals surface area contributed by atoms with Gasteiger partial charge in [-0.15, -0.1) is 0 Å². The Morgan fingerprint density at radius 2 is 1.81 bits per heavy atom. The van der Waals surface area contributed by atoms with Gasteiger partial charge >= 0.3 is 0 Å². The molecular weight excluding hydrogens is 420 g/mol. The Labute approximate surface area is 195 Å². The molecule has 9 N–H and O–H groups in total. The minimum atomic E-state index is -0.993. The second-order valence-corrected chi connectivity index (χ2v) is 7.50. The van der Waals surface area contributed by atoms with Crippen molar-refractivity contribution in [3.8, 4) is 0 Å². The molecule has 0 spiro atoms. The van der Waals surface area contributed by atoms with E-state index >= 15 is 0 Å². The van der Waals surface area contributed by atoms with Crippen LogP contribution in [-0.4, -0.2) is 64.0 Å². The van der Waals surface area contributed by atoms with Crippen LogP contribution >= 0.6 is 12.6 Å². The molecule has 9 nitrogen and oxygen atoms in total. The average molecular weight is 469 g/mol. The number of nitrogens with two attached hydrogens (primary N) is 2. The molecule has 0 radical (unpaired) electrons. The van der Waals surface area contributed by atoms with Crippen molar-refractivity contribution in [2.75, 3.05) is 12.8 Å². The molecule has 0 aromatic carbocycles. The number of primary amides is 1. The molecule has 2 aliphatic heterocycles. The summed E-state index contributed by atoms with van der Waals surface area (Å²) in [6, 6.07) is -1.11. The number of carbonyl (C=O) groups is 3. The van der Waals surface area contributed by atoms with Gasteiger partial charge < -0.3 is 32.6 Å². The van der Waals surface area contributed by atoms with E-state index in [4.69, 9.17) is 11.5 Å². The van der Waals surface area contributed by atoms with Crippen molar-refractivity contribution in [3.05, 3.63) is 12.2 Å². The standard InChI is InChI=1S/C18H28N4O3.C2H6.CH4S.2H2O.3H2/c19-13-8-5-3-1-2-4-7-12-11-18(12,17(20)25)21-15(23)14-9-6-10-22(14)16(13)24;2*1-2;;;;;/h4,7,12-14H,1-3,5-6,8-11,19H2,(H2,20,25)(H,21,23);1-2H3;2H,1H3;2*1H2;3*1H/b7-4-;;;;;;;/t12-,13+,14+,18-;;;;;;;/m1......./s1. The fraction of sp³-hybridized carbons (Fsp3) is 0.762. The molecule has 188 valence electrons. The Morgan fingerprint density at radius 1 is 1.16 bits per heavy atom. The molecule has 3 aliphatic rings. The van der Waals surface area contributed by atoms with Gasteiger partial charge in [-0.05, 0) is 44.8 Å². The number of rotatable bonds is 1.